The number of carbonyl (C=O) groups excluding carboxylic acids is 4. The van der Waals surface area contributed by atoms with Crippen molar-refractivity contribution in [2.45, 2.75) is 72.1 Å². The molecule has 0 heterocycles. The molecule has 4 heteroatoms. The molecule has 0 bridgehead atoms. The first-order chi connectivity index (χ1) is 12.6. The van der Waals surface area contributed by atoms with Crippen LogP contribution in [0.5, 0.6) is 0 Å². The fraction of sp³-hybridized carbons (Fsp3) is 0.565. The maximum absolute atomic E-state index is 13.1. The zero-order valence-electron chi connectivity index (χ0n) is 16.8. The van der Waals surface area contributed by atoms with Crippen LogP contribution in [0, 0.1) is 11.3 Å². The van der Waals surface area contributed by atoms with Gasteiger partial charge in [-0.15, -0.1) is 0 Å². The van der Waals surface area contributed by atoms with E-state index in [2.05, 4.69) is 0 Å². The Morgan fingerprint density at radius 3 is 2.30 bits per heavy atom. The Labute approximate surface area is 161 Å². The van der Waals surface area contributed by atoms with Crippen LogP contribution in [0.25, 0.3) is 0 Å². The van der Waals surface area contributed by atoms with Crippen LogP contribution in [0.2, 0.25) is 0 Å². The maximum Gasteiger partial charge on any atom is 0.173 e. The number of hydrogen-bond acceptors (Lipinski definition) is 4. The Balaban J connectivity index is 2.23. The molecule has 2 atom stereocenters. The van der Waals surface area contributed by atoms with E-state index in [0.717, 1.165) is 0 Å². The van der Waals surface area contributed by atoms with Gasteiger partial charge in [-0.3, -0.25) is 19.2 Å². The Bertz CT molecular complexity index is 739. The quantitative estimate of drug-likeness (QED) is 0.622. The Kier molecular flexibility index (Phi) is 6.85. The first-order valence-corrected chi connectivity index (χ1v) is 9.84. The van der Waals surface area contributed by atoms with E-state index in [1.54, 1.807) is 24.3 Å². The van der Waals surface area contributed by atoms with Gasteiger partial charge in [0.2, 0.25) is 0 Å². The van der Waals surface area contributed by atoms with Crippen LogP contribution >= 0.6 is 0 Å². The third-order valence-corrected chi connectivity index (χ3v) is 5.11. The monoisotopic (exact) mass is 370 g/mol. The summed E-state index contributed by atoms with van der Waals surface area (Å²) in [6.45, 7) is 7.81. The highest BCUT2D eigenvalue weighted by molar-refractivity contribution is 6.17. The van der Waals surface area contributed by atoms with E-state index >= 15 is 0 Å². The lowest BCUT2D eigenvalue weighted by Crippen LogP contribution is -2.36. The van der Waals surface area contributed by atoms with Crippen molar-refractivity contribution >= 4 is 23.1 Å². The summed E-state index contributed by atoms with van der Waals surface area (Å²) in [6, 6.07) is 7.13. The third-order valence-electron chi connectivity index (χ3n) is 5.11. The number of Topliss-reactive ketones (excluding diaryl/α,β-unsaturated/α-hetero) is 4. The van der Waals surface area contributed by atoms with E-state index in [-0.39, 0.29) is 35.0 Å². The zero-order valence-corrected chi connectivity index (χ0v) is 16.8. The van der Waals surface area contributed by atoms with E-state index in [1.165, 1.54) is 0 Å². The number of ketones is 4. The van der Waals surface area contributed by atoms with Crippen LogP contribution in [-0.4, -0.2) is 23.1 Å². The third kappa shape index (κ3) is 5.44. The smallest absolute Gasteiger partial charge is 0.173 e. The van der Waals surface area contributed by atoms with E-state index in [0.29, 0.717) is 43.2 Å². The predicted molar refractivity (Wildman–Crippen MR) is 105 cm³/mol. The van der Waals surface area contributed by atoms with Crippen LogP contribution in [0.4, 0.5) is 0 Å². The molecule has 0 amide bonds. The standard InChI is InChI=1S/C23H30O4/c1-5-15(24)9-8-12-19-21(26)18-11-7-6-10-17(18)20(22(19)27)13-16(25)14-23(2,3)4/h6-7,10-11,19-20H,5,8-9,12-14H2,1-4H3. The molecule has 1 aromatic carbocycles. The highest BCUT2D eigenvalue weighted by Gasteiger charge is 2.41. The van der Waals surface area contributed by atoms with Gasteiger partial charge in [-0.05, 0) is 23.8 Å². The average Bonchev–Trinajstić information content (AvgIpc) is 2.59. The van der Waals surface area contributed by atoms with Gasteiger partial charge in [-0.25, -0.2) is 0 Å². The first-order valence-electron chi connectivity index (χ1n) is 9.84. The summed E-state index contributed by atoms with van der Waals surface area (Å²) in [4.78, 5) is 50.0. The summed E-state index contributed by atoms with van der Waals surface area (Å²) in [7, 11) is 0. The molecule has 0 N–H and O–H groups in total. The van der Waals surface area contributed by atoms with Crippen LogP contribution in [-0.2, 0) is 14.4 Å². The molecular formula is C23H30O4. The van der Waals surface area contributed by atoms with Crippen molar-refractivity contribution in [2.75, 3.05) is 0 Å². The molecule has 0 fully saturated rings. The van der Waals surface area contributed by atoms with Gasteiger partial charge in [-0.2, -0.15) is 0 Å². The molecule has 0 spiro atoms. The molecular weight excluding hydrogens is 340 g/mol. The van der Waals surface area contributed by atoms with Crippen molar-refractivity contribution in [3.05, 3.63) is 35.4 Å². The minimum Gasteiger partial charge on any atom is -0.300 e. The van der Waals surface area contributed by atoms with Gasteiger partial charge in [0.25, 0.3) is 0 Å². The van der Waals surface area contributed by atoms with Crippen LogP contribution in [0.3, 0.4) is 0 Å². The molecule has 0 saturated heterocycles. The zero-order chi connectivity index (χ0) is 20.2. The summed E-state index contributed by atoms with van der Waals surface area (Å²) in [5.41, 5.74) is 1.09. The van der Waals surface area contributed by atoms with E-state index in [9.17, 15) is 19.2 Å². The first kappa shape index (κ1) is 21.2. The minimum atomic E-state index is -0.739. The van der Waals surface area contributed by atoms with Crippen molar-refractivity contribution in [3.8, 4) is 0 Å². The number of fused-ring (bicyclic) bond motifs is 1. The lowest BCUT2D eigenvalue weighted by Gasteiger charge is -2.29. The molecule has 4 nitrogen and oxygen atoms in total. The fourth-order valence-electron chi connectivity index (χ4n) is 3.79. The maximum atomic E-state index is 13.1. The minimum absolute atomic E-state index is 0.0462. The molecule has 0 aliphatic heterocycles. The Morgan fingerprint density at radius 2 is 1.67 bits per heavy atom. The Hall–Kier alpha value is -2.10. The fourth-order valence-corrected chi connectivity index (χ4v) is 3.79. The summed E-state index contributed by atoms with van der Waals surface area (Å²) in [5.74, 6) is -1.44. The van der Waals surface area contributed by atoms with Gasteiger partial charge in [0, 0.05) is 31.2 Å². The Morgan fingerprint density at radius 1 is 1.00 bits per heavy atom. The summed E-state index contributed by atoms with van der Waals surface area (Å²) in [5, 5.41) is 0. The van der Waals surface area contributed by atoms with E-state index < -0.39 is 11.8 Å². The molecule has 0 saturated carbocycles. The summed E-state index contributed by atoms with van der Waals surface area (Å²) in [6.07, 6.45) is 2.32. The van der Waals surface area contributed by atoms with E-state index in [1.807, 2.05) is 27.7 Å². The second-order valence-electron chi connectivity index (χ2n) is 8.72. The van der Waals surface area contributed by atoms with E-state index in [4.69, 9.17) is 0 Å². The normalized spacial score (nSPS) is 19.7. The van der Waals surface area contributed by atoms with Crippen molar-refractivity contribution in [3.63, 3.8) is 0 Å². The molecule has 1 aliphatic rings. The summed E-state index contributed by atoms with van der Waals surface area (Å²) < 4.78 is 0. The SMILES string of the molecule is CCC(=O)CCCC1C(=O)c2ccccc2C(CC(=O)CC(C)(C)C)C1=O. The van der Waals surface area contributed by atoms with Crippen LogP contribution in [0.1, 0.15) is 88.1 Å². The van der Waals surface area contributed by atoms with Crippen molar-refractivity contribution in [1.29, 1.82) is 0 Å². The highest BCUT2D eigenvalue weighted by Crippen LogP contribution is 2.37. The average molecular weight is 370 g/mol. The topological polar surface area (TPSA) is 68.3 Å². The van der Waals surface area contributed by atoms with Crippen LogP contribution < -0.4 is 0 Å². The second-order valence-corrected chi connectivity index (χ2v) is 8.72. The largest absolute Gasteiger partial charge is 0.300 e. The van der Waals surface area contributed by atoms with Crippen molar-refractivity contribution in [1.82, 2.24) is 0 Å². The van der Waals surface area contributed by atoms with Gasteiger partial charge < -0.3 is 0 Å². The molecule has 146 valence electrons. The van der Waals surface area contributed by atoms with Crippen molar-refractivity contribution < 1.29 is 19.2 Å². The lowest BCUT2D eigenvalue weighted by molar-refractivity contribution is -0.128. The molecule has 27 heavy (non-hydrogen) atoms. The molecule has 0 aromatic heterocycles. The predicted octanol–water partition coefficient (Wildman–Crippen LogP) is 4.70. The molecule has 0 radical (unpaired) electrons. The van der Waals surface area contributed by atoms with Crippen LogP contribution in [0.15, 0.2) is 24.3 Å². The number of rotatable bonds is 8. The molecule has 2 rings (SSSR count). The molecule has 1 aromatic rings. The van der Waals surface area contributed by atoms with Crippen molar-refractivity contribution in [2.24, 2.45) is 11.3 Å². The number of hydrogen-bond donors (Lipinski definition) is 0. The summed E-state index contributed by atoms with van der Waals surface area (Å²) >= 11 is 0. The second kappa shape index (κ2) is 8.73. The van der Waals surface area contributed by atoms with Gasteiger partial charge in [0.15, 0.2) is 11.6 Å². The lowest BCUT2D eigenvalue weighted by atomic mass is 9.71. The molecule has 1 aliphatic carbocycles. The highest BCUT2D eigenvalue weighted by atomic mass is 16.2. The van der Waals surface area contributed by atoms with Gasteiger partial charge in [0.05, 0.1) is 11.8 Å². The van der Waals surface area contributed by atoms with Gasteiger partial charge in [0.1, 0.15) is 11.6 Å². The van der Waals surface area contributed by atoms with Gasteiger partial charge in [-0.1, -0.05) is 52.0 Å². The number of carbonyl (C=O) groups is 4. The molecule has 2 unspecified atom stereocenters. The van der Waals surface area contributed by atoms with Gasteiger partial charge >= 0.3 is 0 Å². The number of benzene rings is 1.